The van der Waals surface area contributed by atoms with Gasteiger partial charge in [0.05, 0.1) is 0 Å². The van der Waals surface area contributed by atoms with E-state index in [2.05, 4.69) is 0 Å². The molecule has 0 aromatic heterocycles. The van der Waals surface area contributed by atoms with Gasteiger partial charge in [0.15, 0.2) is 0 Å². The van der Waals surface area contributed by atoms with E-state index in [1.165, 1.54) is 0 Å². The van der Waals surface area contributed by atoms with Gasteiger partial charge in [-0.1, -0.05) is 38.1 Å². The fourth-order valence-electron chi connectivity index (χ4n) is 1.94. The topological polar surface area (TPSA) is 34.1 Å². The van der Waals surface area contributed by atoms with Crippen LogP contribution in [0.3, 0.4) is 0 Å². The molecule has 0 spiro atoms. The van der Waals surface area contributed by atoms with Crippen LogP contribution in [0.5, 0.6) is 0 Å². The lowest BCUT2D eigenvalue weighted by atomic mass is 9.75. The van der Waals surface area contributed by atoms with Crippen molar-refractivity contribution in [1.29, 1.82) is 0 Å². The second-order valence-corrected chi connectivity index (χ2v) is 3.86. The minimum Gasteiger partial charge on any atom is -0.290 e. The highest BCUT2D eigenvalue weighted by atomic mass is 16.2. The highest BCUT2D eigenvalue weighted by molar-refractivity contribution is 6.45. The standard InChI is InChI=1S/C12H12O2/c1-7-8(2)11(13)12(14)10-6-4-3-5-9(7)10/h3-8H,1-2H3. The van der Waals surface area contributed by atoms with Crippen molar-refractivity contribution in [2.24, 2.45) is 5.92 Å². The van der Waals surface area contributed by atoms with E-state index >= 15 is 0 Å². The third-order valence-corrected chi connectivity index (χ3v) is 3.08. The van der Waals surface area contributed by atoms with E-state index in [0.29, 0.717) is 5.56 Å². The van der Waals surface area contributed by atoms with Gasteiger partial charge in [-0.15, -0.1) is 0 Å². The Labute approximate surface area is 82.9 Å². The molecule has 0 saturated heterocycles. The Balaban J connectivity index is 2.62. The first-order valence-corrected chi connectivity index (χ1v) is 4.80. The molecule has 1 aromatic rings. The van der Waals surface area contributed by atoms with E-state index in [1.54, 1.807) is 12.1 Å². The average molecular weight is 188 g/mol. The minimum atomic E-state index is -0.328. The van der Waals surface area contributed by atoms with Crippen LogP contribution >= 0.6 is 0 Å². The molecule has 0 aliphatic heterocycles. The number of fused-ring (bicyclic) bond motifs is 1. The van der Waals surface area contributed by atoms with Crippen LogP contribution in [0.4, 0.5) is 0 Å². The van der Waals surface area contributed by atoms with Crippen molar-refractivity contribution < 1.29 is 9.59 Å². The predicted octanol–water partition coefficient (Wildman–Crippen LogP) is 2.19. The number of ketones is 2. The molecule has 2 nitrogen and oxygen atoms in total. The van der Waals surface area contributed by atoms with Crippen molar-refractivity contribution in [3.63, 3.8) is 0 Å². The summed E-state index contributed by atoms with van der Waals surface area (Å²) in [6.45, 7) is 3.81. The van der Waals surface area contributed by atoms with E-state index in [0.717, 1.165) is 5.56 Å². The summed E-state index contributed by atoms with van der Waals surface area (Å²) in [7, 11) is 0. The zero-order valence-corrected chi connectivity index (χ0v) is 8.28. The summed E-state index contributed by atoms with van der Waals surface area (Å²) < 4.78 is 0. The van der Waals surface area contributed by atoms with Crippen LogP contribution in [0.15, 0.2) is 24.3 Å². The average Bonchev–Trinajstić information content (AvgIpc) is 2.23. The van der Waals surface area contributed by atoms with Crippen molar-refractivity contribution in [3.8, 4) is 0 Å². The Morgan fingerprint density at radius 2 is 1.64 bits per heavy atom. The van der Waals surface area contributed by atoms with E-state index in [9.17, 15) is 9.59 Å². The molecule has 2 heteroatoms. The summed E-state index contributed by atoms with van der Waals surface area (Å²) in [5.41, 5.74) is 1.59. The SMILES string of the molecule is CC1C(=O)C(=O)c2ccccc2C1C. The van der Waals surface area contributed by atoms with Gasteiger partial charge in [0.1, 0.15) is 0 Å². The molecule has 0 amide bonds. The minimum absolute atomic E-state index is 0.149. The number of hydrogen-bond donors (Lipinski definition) is 0. The van der Waals surface area contributed by atoms with Crippen LogP contribution in [0.2, 0.25) is 0 Å². The lowest BCUT2D eigenvalue weighted by Gasteiger charge is -2.25. The second kappa shape index (κ2) is 3.05. The monoisotopic (exact) mass is 188 g/mol. The van der Waals surface area contributed by atoms with E-state index in [4.69, 9.17) is 0 Å². The third-order valence-electron chi connectivity index (χ3n) is 3.08. The highest BCUT2D eigenvalue weighted by Crippen LogP contribution is 2.33. The maximum Gasteiger partial charge on any atom is 0.229 e. The smallest absolute Gasteiger partial charge is 0.229 e. The van der Waals surface area contributed by atoms with E-state index in [1.807, 2.05) is 26.0 Å². The third kappa shape index (κ3) is 1.10. The van der Waals surface area contributed by atoms with Gasteiger partial charge < -0.3 is 0 Å². The summed E-state index contributed by atoms with van der Waals surface area (Å²) in [4.78, 5) is 23.2. The molecule has 0 fully saturated rings. The number of benzene rings is 1. The molecule has 14 heavy (non-hydrogen) atoms. The molecule has 1 aliphatic carbocycles. The summed E-state index contributed by atoms with van der Waals surface area (Å²) >= 11 is 0. The van der Waals surface area contributed by atoms with Crippen molar-refractivity contribution in [2.75, 3.05) is 0 Å². The van der Waals surface area contributed by atoms with Gasteiger partial charge in [0.2, 0.25) is 11.6 Å². The van der Waals surface area contributed by atoms with Crippen LogP contribution in [0.25, 0.3) is 0 Å². The zero-order chi connectivity index (χ0) is 10.3. The first kappa shape index (κ1) is 9.13. The Morgan fingerprint density at radius 1 is 1.00 bits per heavy atom. The van der Waals surface area contributed by atoms with Gasteiger partial charge in [-0.25, -0.2) is 0 Å². The molecule has 0 saturated carbocycles. The molecule has 2 rings (SSSR count). The van der Waals surface area contributed by atoms with E-state index < -0.39 is 0 Å². The highest BCUT2D eigenvalue weighted by Gasteiger charge is 2.35. The molecular weight excluding hydrogens is 176 g/mol. The lowest BCUT2D eigenvalue weighted by Crippen LogP contribution is -2.32. The Bertz CT molecular complexity index is 407. The van der Waals surface area contributed by atoms with Gasteiger partial charge in [-0.05, 0) is 11.5 Å². The normalized spacial score (nSPS) is 26.1. The maximum absolute atomic E-state index is 11.6. The van der Waals surface area contributed by atoms with Crippen molar-refractivity contribution in [3.05, 3.63) is 35.4 Å². The van der Waals surface area contributed by atoms with Crippen LogP contribution in [-0.4, -0.2) is 11.6 Å². The molecule has 2 atom stereocenters. The van der Waals surface area contributed by atoms with Crippen LogP contribution in [0, 0.1) is 5.92 Å². The Morgan fingerprint density at radius 3 is 2.36 bits per heavy atom. The first-order valence-electron chi connectivity index (χ1n) is 4.80. The summed E-state index contributed by atoms with van der Waals surface area (Å²) in [5, 5.41) is 0. The molecule has 0 heterocycles. The number of carbonyl (C=O) groups is 2. The van der Waals surface area contributed by atoms with Crippen molar-refractivity contribution >= 4 is 11.6 Å². The lowest BCUT2D eigenvalue weighted by molar-refractivity contribution is -0.119. The van der Waals surface area contributed by atoms with Gasteiger partial charge in [-0.2, -0.15) is 0 Å². The van der Waals surface area contributed by atoms with Crippen LogP contribution < -0.4 is 0 Å². The van der Waals surface area contributed by atoms with E-state index in [-0.39, 0.29) is 23.4 Å². The molecular formula is C12H12O2. The largest absolute Gasteiger partial charge is 0.290 e. The first-order chi connectivity index (χ1) is 6.63. The quantitative estimate of drug-likeness (QED) is 0.585. The fourth-order valence-corrected chi connectivity index (χ4v) is 1.94. The number of Topliss-reactive ketones (excluding diaryl/α,β-unsaturated/α-hetero) is 2. The molecule has 2 unspecified atom stereocenters. The predicted molar refractivity (Wildman–Crippen MR) is 53.4 cm³/mol. The summed E-state index contributed by atoms with van der Waals surface area (Å²) in [5.74, 6) is -0.615. The zero-order valence-electron chi connectivity index (χ0n) is 8.28. The number of hydrogen-bond acceptors (Lipinski definition) is 2. The van der Waals surface area contributed by atoms with Gasteiger partial charge >= 0.3 is 0 Å². The Hall–Kier alpha value is -1.44. The molecule has 0 radical (unpaired) electrons. The fraction of sp³-hybridized carbons (Fsp3) is 0.333. The number of rotatable bonds is 0. The van der Waals surface area contributed by atoms with Crippen molar-refractivity contribution in [2.45, 2.75) is 19.8 Å². The second-order valence-electron chi connectivity index (χ2n) is 3.86. The van der Waals surface area contributed by atoms with Crippen molar-refractivity contribution in [1.82, 2.24) is 0 Å². The van der Waals surface area contributed by atoms with Crippen LogP contribution in [-0.2, 0) is 4.79 Å². The summed E-state index contributed by atoms with van der Waals surface area (Å²) in [6.07, 6.45) is 0. The Kier molecular flexibility index (Phi) is 1.99. The molecule has 0 bridgehead atoms. The molecule has 0 N–H and O–H groups in total. The van der Waals surface area contributed by atoms with Gasteiger partial charge in [0, 0.05) is 11.5 Å². The van der Waals surface area contributed by atoms with Gasteiger partial charge in [-0.3, -0.25) is 9.59 Å². The molecule has 1 aromatic carbocycles. The van der Waals surface area contributed by atoms with Crippen LogP contribution in [0.1, 0.15) is 35.7 Å². The number of carbonyl (C=O) groups excluding carboxylic acids is 2. The summed E-state index contributed by atoms with van der Waals surface area (Å²) in [6, 6.07) is 7.37. The maximum atomic E-state index is 11.6. The molecule has 72 valence electrons. The van der Waals surface area contributed by atoms with Gasteiger partial charge in [0.25, 0.3) is 0 Å². The molecule has 1 aliphatic rings.